The van der Waals surface area contributed by atoms with E-state index in [1.165, 1.54) is 12.1 Å². The Morgan fingerprint density at radius 1 is 1.26 bits per heavy atom. The van der Waals surface area contributed by atoms with E-state index >= 15 is 0 Å². The van der Waals surface area contributed by atoms with Crippen molar-refractivity contribution in [1.29, 1.82) is 0 Å². The first-order chi connectivity index (χ1) is 9.08. The maximum absolute atomic E-state index is 13.1. The number of amides is 1. The average Bonchev–Trinajstić information content (AvgIpc) is 2.40. The van der Waals surface area contributed by atoms with Gasteiger partial charge in [-0.2, -0.15) is 0 Å². The van der Waals surface area contributed by atoms with Gasteiger partial charge in [-0.1, -0.05) is 28.1 Å². The lowest BCUT2D eigenvalue weighted by Gasteiger charge is -2.08. The number of nitrogens with one attached hydrogen (secondary N) is 1. The maximum atomic E-state index is 13.1. The Morgan fingerprint density at radius 3 is 2.74 bits per heavy atom. The summed E-state index contributed by atoms with van der Waals surface area (Å²) in [6.45, 7) is 0.280. The van der Waals surface area contributed by atoms with Crippen LogP contribution < -0.4 is 5.32 Å². The molecule has 2 nitrogen and oxygen atoms in total. The summed E-state index contributed by atoms with van der Waals surface area (Å²) in [6, 6.07) is 11.7. The first kappa shape index (κ1) is 14.5. The minimum atomic E-state index is -0.318. The standard InChI is InChI=1S/C14H10BrFINO/c15-12-6-5-10(16)7-9(12)8-18-14(19)11-3-1-2-4-13(11)17/h1-7H,8H2,(H,18,19). The van der Waals surface area contributed by atoms with Crippen LogP contribution in [0.1, 0.15) is 15.9 Å². The summed E-state index contributed by atoms with van der Waals surface area (Å²) in [4.78, 5) is 12.0. The quantitative estimate of drug-likeness (QED) is 0.724. The lowest BCUT2D eigenvalue weighted by molar-refractivity contribution is 0.0950. The van der Waals surface area contributed by atoms with Gasteiger partial charge in [0.15, 0.2) is 0 Å². The van der Waals surface area contributed by atoms with Gasteiger partial charge < -0.3 is 5.32 Å². The molecule has 0 aliphatic carbocycles. The molecule has 5 heteroatoms. The van der Waals surface area contributed by atoms with Gasteiger partial charge in [-0.25, -0.2) is 4.39 Å². The molecule has 0 saturated heterocycles. The molecule has 0 atom stereocenters. The number of hydrogen-bond acceptors (Lipinski definition) is 1. The molecule has 0 heterocycles. The second-order valence-corrected chi connectivity index (χ2v) is 5.91. The predicted octanol–water partition coefficient (Wildman–Crippen LogP) is 4.12. The highest BCUT2D eigenvalue weighted by molar-refractivity contribution is 14.1. The Bertz CT molecular complexity index is 618. The van der Waals surface area contributed by atoms with E-state index in [1.54, 1.807) is 12.1 Å². The van der Waals surface area contributed by atoms with Crippen molar-refractivity contribution in [3.63, 3.8) is 0 Å². The summed E-state index contributed by atoms with van der Waals surface area (Å²) >= 11 is 5.44. The van der Waals surface area contributed by atoms with Gasteiger partial charge >= 0.3 is 0 Å². The van der Waals surface area contributed by atoms with Crippen LogP contribution >= 0.6 is 38.5 Å². The van der Waals surface area contributed by atoms with Crippen molar-refractivity contribution in [3.8, 4) is 0 Å². The molecule has 0 fully saturated rings. The van der Waals surface area contributed by atoms with Crippen molar-refractivity contribution in [3.05, 3.63) is 67.5 Å². The van der Waals surface area contributed by atoms with Crippen LogP contribution in [-0.2, 0) is 6.54 Å². The summed E-state index contributed by atoms with van der Waals surface area (Å²) < 4.78 is 14.8. The van der Waals surface area contributed by atoms with Crippen LogP contribution in [0.25, 0.3) is 0 Å². The van der Waals surface area contributed by atoms with E-state index in [-0.39, 0.29) is 18.3 Å². The second kappa shape index (κ2) is 6.47. The zero-order valence-corrected chi connectivity index (χ0v) is 13.5. The third kappa shape index (κ3) is 3.76. The molecular weight excluding hydrogens is 424 g/mol. The molecule has 0 spiro atoms. The van der Waals surface area contributed by atoms with Gasteiger partial charge in [-0.05, 0) is 58.5 Å². The Kier molecular flexibility index (Phi) is 4.93. The van der Waals surface area contributed by atoms with Crippen LogP contribution in [-0.4, -0.2) is 5.91 Å². The normalized spacial score (nSPS) is 10.3. The molecule has 0 aliphatic rings. The van der Waals surface area contributed by atoms with Gasteiger partial charge in [-0.3, -0.25) is 4.79 Å². The van der Waals surface area contributed by atoms with Gasteiger partial charge in [0, 0.05) is 14.6 Å². The van der Waals surface area contributed by atoms with Crippen LogP contribution in [0.5, 0.6) is 0 Å². The van der Waals surface area contributed by atoms with Crippen LogP contribution in [0.3, 0.4) is 0 Å². The number of carbonyl (C=O) groups is 1. The van der Waals surface area contributed by atoms with Gasteiger partial charge in [-0.15, -0.1) is 0 Å². The largest absolute Gasteiger partial charge is 0.348 e. The second-order valence-electron chi connectivity index (χ2n) is 3.90. The Labute approximate surface area is 132 Å². The number of hydrogen-bond donors (Lipinski definition) is 1. The van der Waals surface area contributed by atoms with E-state index in [1.807, 2.05) is 18.2 Å². The number of carbonyl (C=O) groups excluding carboxylic acids is 1. The molecule has 0 aromatic heterocycles. The number of benzene rings is 2. The monoisotopic (exact) mass is 433 g/mol. The molecule has 2 rings (SSSR count). The first-order valence-electron chi connectivity index (χ1n) is 5.54. The molecule has 98 valence electrons. The van der Waals surface area contributed by atoms with E-state index in [2.05, 4.69) is 43.8 Å². The molecule has 0 bridgehead atoms. The van der Waals surface area contributed by atoms with Gasteiger partial charge in [0.05, 0.1) is 5.56 Å². The molecule has 0 unspecified atom stereocenters. The van der Waals surface area contributed by atoms with Crippen molar-refractivity contribution in [2.24, 2.45) is 0 Å². The van der Waals surface area contributed by atoms with E-state index in [0.717, 1.165) is 8.04 Å². The zero-order valence-electron chi connectivity index (χ0n) is 9.79. The van der Waals surface area contributed by atoms with Crippen molar-refractivity contribution in [1.82, 2.24) is 5.32 Å². The predicted molar refractivity (Wildman–Crippen MR) is 84.4 cm³/mol. The van der Waals surface area contributed by atoms with Crippen molar-refractivity contribution in [2.45, 2.75) is 6.54 Å². The first-order valence-corrected chi connectivity index (χ1v) is 7.42. The molecule has 0 aliphatic heterocycles. The van der Waals surface area contributed by atoms with E-state index in [9.17, 15) is 9.18 Å². The molecule has 0 saturated carbocycles. The van der Waals surface area contributed by atoms with Crippen LogP contribution in [0.2, 0.25) is 0 Å². The minimum Gasteiger partial charge on any atom is -0.348 e. The molecule has 2 aromatic carbocycles. The third-order valence-electron chi connectivity index (χ3n) is 2.57. The van der Waals surface area contributed by atoms with Crippen LogP contribution in [0.4, 0.5) is 4.39 Å². The van der Waals surface area contributed by atoms with Crippen molar-refractivity contribution >= 4 is 44.4 Å². The SMILES string of the molecule is O=C(NCc1cc(F)ccc1Br)c1ccccc1I. The number of halogens is 3. The van der Waals surface area contributed by atoms with Gasteiger partial charge in [0.2, 0.25) is 0 Å². The van der Waals surface area contributed by atoms with Crippen LogP contribution in [0.15, 0.2) is 46.9 Å². The van der Waals surface area contributed by atoms with E-state index in [0.29, 0.717) is 11.1 Å². The number of rotatable bonds is 3. The molecule has 1 amide bonds. The summed E-state index contributed by atoms with van der Waals surface area (Å²) in [5.41, 5.74) is 1.33. The fraction of sp³-hybridized carbons (Fsp3) is 0.0714. The fourth-order valence-electron chi connectivity index (χ4n) is 1.59. The lowest BCUT2D eigenvalue weighted by atomic mass is 10.2. The average molecular weight is 434 g/mol. The fourth-order valence-corrected chi connectivity index (χ4v) is 2.61. The molecular formula is C14H10BrFINO. The van der Waals surface area contributed by atoms with Crippen molar-refractivity contribution < 1.29 is 9.18 Å². The van der Waals surface area contributed by atoms with E-state index < -0.39 is 0 Å². The van der Waals surface area contributed by atoms with Crippen LogP contribution in [0, 0.1) is 9.39 Å². The Hall–Kier alpha value is -0.950. The molecule has 0 radical (unpaired) electrons. The Morgan fingerprint density at radius 2 is 2.00 bits per heavy atom. The smallest absolute Gasteiger partial charge is 0.252 e. The lowest BCUT2D eigenvalue weighted by Crippen LogP contribution is -2.23. The topological polar surface area (TPSA) is 29.1 Å². The summed E-state index contributed by atoms with van der Waals surface area (Å²) in [5, 5.41) is 2.78. The van der Waals surface area contributed by atoms with Crippen molar-refractivity contribution in [2.75, 3.05) is 0 Å². The van der Waals surface area contributed by atoms with Gasteiger partial charge in [0.1, 0.15) is 5.82 Å². The summed E-state index contributed by atoms with van der Waals surface area (Å²) in [7, 11) is 0. The summed E-state index contributed by atoms with van der Waals surface area (Å²) in [6.07, 6.45) is 0. The zero-order chi connectivity index (χ0) is 13.8. The minimum absolute atomic E-state index is 0.166. The van der Waals surface area contributed by atoms with E-state index in [4.69, 9.17) is 0 Å². The molecule has 19 heavy (non-hydrogen) atoms. The molecule has 1 N–H and O–H groups in total. The molecule has 2 aromatic rings. The van der Waals surface area contributed by atoms with Gasteiger partial charge in [0.25, 0.3) is 5.91 Å². The highest BCUT2D eigenvalue weighted by Gasteiger charge is 2.09. The Balaban J connectivity index is 2.09. The highest BCUT2D eigenvalue weighted by Crippen LogP contribution is 2.18. The summed E-state index contributed by atoms with van der Waals surface area (Å²) in [5.74, 6) is -0.483. The highest BCUT2D eigenvalue weighted by atomic mass is 127. The third-order valence-corrected chi connectivity index (χ3v) is 4.28. The maximum Gasteiger partial charge on any atom is 0.252 e.